The minimum absolute atomic E-state index is 0.227. The molecule has 0 spiro atoms. The molecular weight excluding hydrogens is 436 g/mol. The first-order valence-corrected chi connectivity index (χ1v) is 10.9. The second-order valence-corrected chi connectivity index (χ2v) is 8.84. The van der Waals surface area contributed by atoms with Crippen LogP contribution in [0.1, 0.15) is 6.42 Å². The molecule has 32 heavy (non-hydrogen) atoms. The minimum atomic E-state index is -3.12. The Morgan fingerprint density at radius 1 is 1.22 bits per heavy atom. The van der Waals surface area contributed by atoms with Crippen LogP contribution in [0.4, 0.5) is 20.2 Å². The SMILES string of the molecule is N#CC[N+]1(c2cc(-c3ccc(N4CCNCC4)cc3)ccc2Cl)CC(F)(F)C[C@H]1C(N)=O. The van der Waals surface area contributed by atoms with Gasteiger partial charge in [-0.3, -0.25) is 9.28 Å². The summed E-state index contributed by atoms with van der Waals surface area (Å²) >= 11 is 6.44. The topological polar surface area (TPSA) is 82.2 Å². The van der Waals surface area contributed by atoms with Gasteiger partial charge in [0.15, 0.2) is 18.3 Å². The number of piperazine rings is 1. The molecular formula is C23H25ClF2N5O+. The number of carbonyl (C=O) groups excluding carboxylic acids is 1. The quantitative estimate of drug-likeness (QED) is 0.530. The molecule has 1 unspecified atom stereocenters. The predicted octanol–water partition coefficient (Wildman–Crippen LogP) is 3.14. The summed E-state index contributed by atoms with van der Waals surface area (Å²) in [5.74, 6) is -3.99. The summed E-state index contributed by atoms with van der Waals surface area (Å²) in [5, 5.41) is 13.0. The van der Waals surface area contributed by atoms with Gasteiger partial charge in [0.2, 0.25) is 0 Å². The first-order valence-electron chi connectivity index (χ1n) is 10.5. The molecule has 0 bridgehead atoms. The highest BCUT2D eigenvalue weighted by atomic mass is 35.5. The number of quaternary nitrogens is 1. The standard InChI is InChI=1S/C23H24ClF2N5O/c24-19-6-3-17(16-1-4-18(5-2-16)30-10-8-29-9-11-30)13-20(19)31(12-7-27)15-23(25,26)14-21(31)22(28)32/h1-6,13,21,29H,8-12,14-15H2,(H-,28,32)/p+1/t21-,31?/m0/s1. The average Bonchev–Trinajstić information content (AvgIpc) is 3.06. The number of primary amides is 1. The van der Waals surface area contributed by atoms with E-state index in [-0.39, 0.29) is 11.6 Å². The van der Waals surface area contributed by atoms with Crippen molar-refractivity contribution in [2.75, 3.05) is 44.2 Å². The lowest BCUT2D eigenvalue weighted by Gasteiger charge is -2.36. The number of nitrogens with one attached hydrogen (secondary N) is 1. The Balaban J connectivity index is 1.73. The van der Waals surface area contributed by atoms with Crippen LogP contribution in [-0.4, -0.2) is 57.1 Å². The van der Waals surface area contributed by atoms with Crippen molar-refractivity contribution in [3.8, 4) is 17.2 Å². The summed E-state index contributed by atoms with van der Waals surface area (Å²) in [6.45, 7) is 2.72. The lowest BCUT2D eigenvalue weighted by atomic mass is 10.0. The molecule has 2 heterocycles. The van der Waals surface area contributed by atoms with Crippen molar-refractivity contribution < 1.29 is 13.6 Å². The van der Waals surface area contributed by atoms with Gasteiger partial charge >= 0.3 is 5.92 Å². The minimum Gasteiger partial charge on any atom is -0.369 e. The zero-order valence-electron chi connectivity index (χ0n) is 17.5. The number of amides is 1. The van der Waals surface area contributed by atoms with E-state index >= 15 is 0 Å². The van der Waals surface area contributed by atoms with Crippen LogP contribution in [0.15, 0.2) is 42.5 Å². The number of benzene rings is 2. The zero-order valence-corrected chi connectivity index (χ0v) is 18.3. The maximum absolute atomic E-state index is 14.5. The van der Waals surface area contributed by atoms with E-state index in [1.54, 1.807) is 12.1 Å². The van der Waals surface area contributed by atoms with Crippen molar-refractivity contribution in [3.05, 3.63) is 47.5 Å². The van der Waals surface area contributed by atoms with Gasteiger partial charge in [-0.2, -0.15) is 5.26 Å². The fourth-order valence-electron chi connectivity index (χ4n) is 4.84. The van der Waals surface area contributed by atoms with Crippen LogP contribution in [0, 0.1) is 11.3 Å². The number of rotatable bonds is 5. The smallest absolute Gasteiger partial charge is 0.302 e. The molecule has 3 N–H and O–H groups in total. The van der Waals surface area contributed by atoms with Crippen molar-refractivity contribution in [1.82, 2.24) is 9.80 Å². The van der Waals surface area contributed by atoms with Gasteiger partial charge in [0.05, 0.1) is 6.42 Å². The lowest BCUT2D eigenvalue weighted by Crippen LogP contribution is -2.59. The molecule has 0 aromatic heterocycles. The molecule has 1 amide bonds. The van der Waals surface area contributed by atoms with E-state index in [1.165, 1.54) is 0 Å². The molecule has 2 fully saturated rings. The van der Waals surface area contributed by atoms with Crippen LogP contribution >= 0.6 is 11.6 Å². The van der Waals surface area contributed by atoms with Crippen LogP contribution in [0.5, 0.6) is 0 Å². The summed E-state index contributed by atoms with van der Waals surface area (Å²) in [6.07, 6.45) is -0.704. The molecule has 168 valence electrons. The highest BCUT2D eigenvalue weighted by Crippen LogP contribution is 2.46. The van der Waals surface area contributed by atoms with E-state index in [4.69, 9.17) is 17.3 Å². The molecule has 2 aliphatic heterocycles. The molecule has 0 radical (unpaired) electrons. The number of carbonyl (C=O) groups is 1. The molecule has 2 aliphatic rings. The van der Waals surface area contributed by atoms with Crippen LogP contribution in [-0.2, 0) is 4.79 Å². The lowest BCUT2D eigenvalue weighted by molar-refractivity contribution is -0.122. The van der Waals surface area contributed by atoms with Gasteiger partial charge in [-0.05, 0) is 29.3 Å². The van der Waals surface area contributed by atoms with Crippen molar-refractivity contribution >= 4 is 28.9 Å². The van der Waals surface area contributed by atoms with Crippen molar-refractivity contribution in [1.29, 1.82) is 5.26 Å². The Kier molecular flexibility index (Phi) is 6.08. The highest BCUT2D eigenvalue weighted by molar-refractivity contribution is 6.33. The molecule has 2 saturated heterocycles. The third kappa shape index (κ3) is 4.16. The largest absolute Gasteiger partial charge is 0.369 e. The third-order valence-corrected chi connectivity index (χ3v) is 6.71. The van der Waals surface area contributed by atoms with E-state index in [2.05, 4.69) is 10.2 Å². The van der Waals surface area contributed by atoms with E-state index < -0.39 is 35.3 Å². The fourth-order valence-corrected chi connectivity index (χ4v) is 5.13. The number of nitrogens with two attached hydrogens (primary N) is 1. The summed E-state index contributed by atoms with van der Waals surface area (Å²) in [7, 11) is 0. The summed E-state index contributed by atoms with van der Waals surface area (Å²) in [5.41, 5.74) is 8.59. The predicted molar refractivity (Wildman–Crippen MR) is 122 cm³/mol. The van der Waals surface area contributed by atoms with Gasteiger partial charge < -0.3 is 16.0 Å². The van der Waals surface area contributed by atoms with E-state index in [0.717, 1.165) is 43.0 Å². The Labute approximate surface area is 190 Å². The third-order valence-electron chi connectivity index (χ3n) is 6.39. The first-order chi connectivity index (χ1) is 15.3. The second-order valence-electron chi connectivity index (χ2n) is 8.44. The molecule has 6 nitrogen and oxygen atoms in total. The molecule has 2 aromatic rings. The molecule has 2 atom stereocenters. The van der Waals surface area contributed by atoms with E-state index in [9.17, 15) is 18.8 Å². The van der Waals surface area contributed by atoms with Crippen LogP contribution < -0.4 is 20.4 Å². The number of likely N-dealkylation sites (tertiary alicyclic amines) is 1. The maximum Gasteiger partial charge on any atom is 0.302 e. The van der Waals surface area contributed by atoms with Crippen molar-refractivity contribution in [3.63, 3.8) is 0 Å². The van der Waals surface area contributed by atoms with E-state index in [1.807, 2.05) is 36.4 Å². The zero-order chi connectivity index (χ0) is 22.9. The fraction of sp³-hybridized carbons (Fsp3) is 0.391. The average molecular weight is 461 g/mol. The Morgan fingerprint density at radius 2 is 1.88 bits per heavy atom. The number of hydrogen-bond donors (Lipinski definition) is 2. The number of nitriles is 1. The van der Waals surface area contributed by atoms with Crippen LogP contribution in [0.2, 0.25) is 5.02 Å². The summed E-state index contributed by atoms with van der Waals surface area (Å²) in [4.78, 5) is 14.4. The molecule has 4 rings (SSSR count). The molecule has 0 saturated carbocycles. The number of anilines is 1. The maximum atomic E-state index is 14.5. The van der Waals surface area contributed by atoms with Gasteiger partial charge in [-0.1, -0.05) is 29.8 Å². The Bertz CT molecular complexity index is 1050. The Hall–Kier alpha value is -2.73. The van der Waals surface area contributed by atoms with Crippen LogP contribution in [0.3, 0.4) is 0 Å². The molecule has 9 heteroatoms. The monoisotopic (exact) mass is 460 g/mol. The normalized spacial score (nSPS) is 24.8. The van der Waals surface area contributed by atoms with E-state index in [0.29, 0.717) is 5.69 Å². The van der Waals surface area contributed by atoms with Crippen LogP contribution in [0.25, 0.3) is 11.1 Å². The highest BCUT2D eigenvalue weighted by Gasteiger charge is 2.60. The molecule has 2 aromatic carbocycles. The van der Waals surface area contributed by atoms with Gasteiger partial charge in [-0.15, -0.1) is 0 Å². The number of nitrogens with zero attached hydrogens (tertiary/aromatic N) is 3. The number of halogens is 3. The summed E-state index contributed by atoms with van der Waals surface area (Å²) in [6, 6.07) is 13.9. The van der Waals surface area contributed by atoms with Crippen molar-refractivity contribution in [2.24, 2.45) is 5.73 Å². The first kappa shape index (κ1) is 22.5. The number of alkyl halides is 2. The number of hydrogen-bond acceptors (Lipinski definition) is 4. The Morgan fingerprint density at radius 3 is 2.50 bits per heavy atom. The van der Waals surface area contributed by atoms with Gasteiger partial charge in [-0.25, -0.2) is 8.78 Å². The second kappa shape index (κ2) is 8.66. The molecule has 0 aliphatic carbocycles. The van der Waals surface area contributed by atoms with Gasteiger partial charge in [0, 0.05) is 37.9 Å². The van der Waals surface area contributed by atoms with Gasteiger partial charge in [0.25, 0.3) is 5.91 Å². The van der Waals surface area contributed by atoms with Gasteiger partial charge in [0.1, 0.15) is 17.6 Å². The van der Waals surface area contributed by atoms with Crippen molar-refractivity contribution in [2.45, 2.75) is 18.4 Å². The summed E-state index contributed by atoms with van der Waals surface area (Å²) < 4.78 is 28.3.